The molecule has 0 fully saturated rings. The van der Waals surface area contributed by atoms with Crippen molar-refractivity contribution in [2.24, 2.45) is 23.5 Å². The summed E-state index contributed by atoms with van der Waals surface area (Å²) < 4.78 is 0. The minimum atomic E-state index is -1.36. The van der Waals surface area contributed by atoms with Crippen molar-refractivity contribution in [3.05, 3.63) is 0 Å². The normalized spacial score (nSPS) is 16.3. The van der Waals surface area contributed by atoms with Crippen molar-refractivity contribution in [3.8, 4) is 0 Å². The molecule has 0 spiro atoms. The van der Waals surface area contributed by atoms with Gasteiger partial charge in [0.15, 0.2) is 0 Å². The highest BCUT2D eigenvalue weighted by Gasteiger charge is 2.32. The minimum absolute atomic E-state index is 0.201. The third kappa shape index (κ3) is 9.08. The SMILES string of the molecule is CCC(C)C(NC(=O)C(N)CC(C)C)C(=O)NC(CO)C(=O)NC(C(=O)O)C(C)C. The Balaban J connectivity index is 5.28. The van der Waals surface area contributed by atoms with Crippen LogP contribution in [0.25, 0.3) is 0 Å². The monoisotopic (exact) mass is 430 g/mol. The summed E-state index contributed by atoms with van der Waals surface area (Å²) in [5, 5.41) is 26.1. The van der Waals surface area contributed by atoms with Crippen LogP contribution in [-0.4, -0.2) is 64.7 Å². The van der Waals surface area contributed by atoms with Gasteiger partial charge < -0.3 is 31.9 Å². The van der Waals surface area contributed by atoms with Gasteiger partial charge in [-0.05, 0) is 24.2 Å². The van der Waals surface area contributed by atoms with Crippen LogP contribution < -0.4 is 21.7 Å². The lowest BCUT2D eigenvalue weighted by Crippen LogP contribution is -2.59. The van der Waals surface area contributed by atoms with Crippen LogP contribution in [0.2, 0.25) is 0 Å². The van der Waals surface area contributed by atoms with Crippen LogP contribution in [0.15, 0.2) is 0 Å². The average molecular weight is 431 g/mol. The summed E-state index contributed by atoms with van der Waals surface area (Å²) in [6, 6.07) is -4.25. The first-order chi connectivity index (χ1) is 13.8. The summed E-state index contributed by atoms with van der Waals surface area (Å²) in [6.07, 6.45) is 1.02. The van der Waals surface area contributed by atoms with Gasteiger partial charge in [0.1, 0.15) is 18.1 Å². The molecule has 0 radical (unpaired) electrons. The van der Waals surface area contributed by atoms with Crippen molar-refractivity contribution in [2.45, 2.75) is 78.6 Å². The van der Waals surface area contributed by atoms with Crippen LogP contribution in [0.1, 0.15) is 54.4 Å². The van der Waals surface area contributed by atoms with Crippen LogP contribution in [-0.2, 0) is 19.2 Å². The topological polar surface area (TPSA) is 171 Å². The van der Waals surface area contributed by atoms with E-state index in [2.05, 4.69) is 16.0 Å². The number of nitrogens with two attached hydrogens (primary N) is 1. The molecule has 0 aliphatic heterocycles. The molecule has 30 heavy (non-hydrogen) atoms. The van der Waals surface area contributed by atoms with E-state index in [1.165, 1.54) is 0 Å². The molecule has 5 unspecified atom stereocenters. The zero-order valence-electron chi connectivity index (χ0n) is 18.8. The largest absolute Gasteiger partial charge is 0.480 e. The van der Waals surface area contributed by atoms with Gasteiger partial charge in [-0.3, -0.25) is 14.4 Å². The van der Waals surface area contributed by atoms with Crippen LogP contribution in [0, 0.1) is 17.8 Å². The van der Waals surface area contributed by atoms with Crippen LogP contribution >= 0.6 is 0 Å². The highest BCUT2D eigenvalue weighted by molar-refractivity contribution is 5.94. The number of hydrogen-bond donors (Lipinski definition) is 6. The molecular weight excluding hydrogens is 392 g/mol. The fourth-order valence-electron chi connectivity index (χ4n) is 2.80. The number of carbonyl (C=O) groups excluding carboxylic acids is 3. The molecule has 0 rings (SSSR count). The number of nitrogens with one attached hydrogen (secondary N) is 3. The average Bonchev–Trinajstić information content (AvgIpc) is 2.65. The molecule has 10 heteroatoms. The third-order valence-corrected chi connectivity index (χ3v) is 4.90. The van der Waals surface area contributed by atoms with Crippen LogP contribution in [0.3, 0.4) is 0 Å². The van der Waals surface area contributed by atoms with Crippen molar-refractivity contribution in [3.63, 3.8) is 0 Å². The molecule has 0 aromatic rings. The molecule has 0 aliphatic carbocycles. The van der Waals surface area contributed by atoms with E-state index in [4.69, 9.17) is 5.73 Å². The zero-order valence-corrected chi connectivity index (χ0v) is 18.8. The van der Waals surface area contributed by atoms with Crippen LogP contribution in [0.5, 0.6) is 0 Å². The van der Waals surface area contributed by atoms with E-state index in [0.717, 1.165) is 0 Å². The molecule has 0 aromatic heterocycles. The molecular formula is C20H38N4O6. The highest BCUT2D eigenvalue weighted by Crippen LogP contribution is 2.10. The molecule has 3 amide bonds. The summed E-state index contributed by atoms with van der Waals surface area (Å²) in [4.78, 5) is 48.8. The number of rotatable bonds is 13. The molecule has 0 saturated heterocycles. The van der Waals surface area contributed by atoms with Crippen molar-refractivity contribution in [1.82, 2.24) is 16.0 Å². The van der Waals surface area contributed by atoms with Gasteiger partial charge in [0, 0.05) is 0 Å². The maximum absolute atomic E-state index is 12.8. The standard InChI is InChI=1S/C20H38N4O6/c1-7-12(6)16(24-17(26)13(21)8-10(2)3)19(28)22-14(9-25)18(27)23-15(11(4)5)20(29)30/h10-16,25H,7-9,21H2,1-6H3,(H,22,28)(H,23,27)(H,24,26)(H,29,30). The second-order valence-electron chi connectivity index (χ2n) is 8.42. The quantitative estimate of drug-likeness (QED) is 0.231. The first-order valence-electron chi connectivity index (χ1n) is 10.4. The number of carbonyl (C=O) groups is 4. The van der Waals surface area contributed by atoms with Crippen LogP contribution in [0.4, 0.5) is 0 Å². The summed E-state index contributed by atoms with van der Waals surface area (Å²) in [5.74, 6) is -3.61. The van der Waals surface area contributed by atoms with Gasteiger partial charge in [-0.25, -0.2) is 4.79 Å². The van der Waals surface area contributed by atoms with E-state index < -0.39 is 60.4 Å². The summed E-state index contributed by atoms with van der Waals surface area (Å²) in [7, 11) is 0. The van der Waals surface area contributed by atoms with E-state index in [9.17, 15) is 29.4 Å². The Morgan fingerprint density at radius 2 is 1.40 bits per heavy atom. The molecule has 0 aliphatic rings. The molecule has 10 nitrogen and oxygen atoms in total. The molecule has 174 valence electrons. The Hall–Kier alpha value is -2.20. The molecule has 0 heterocycles. The zero-order chi connectivity index (χ0) is 23.6. The lowest BCUT2D eigenvalue weighted by atomic mass is 9.96. The lowest BCUT2D eigenvalue weighted by Gasteiger charge is -2.28. The van der Waals surface area contributed by atoms with Crippen molar-refractivity contribution in [2.75, 3.05) is 6.61 Å². The first kappa shape index (κ1) is 27.8. The number of aliphatic carboxylic acids is 1. The second-order valence-corrected chi connectivity index (χ2v) is 8.42. The Morgan fingerprint density at radius 1 is 0.867 bits per heavy atom. The van der Waals surface area contributed by atoms with Gasteiger partial charge >= 0.3 is 5.97 Å². The second kappa shape index (κ2) is 13.2. The first-order valence-corrected chi connectivity index (χ1v) is 10.4. The maximum atomic E-state index is 12.8. The van der Waals surface area contributed by atoms with Gasteiger partial charge in [0.05, 0.1) is 12.6 Å². The lowest BCUT2D eigenvalue weighted by molar-refractivity contribution is -0.144. The van der Waals surface area contributed by atoms with E-state index in [1.807, 2.05) is 20.8 Å². The van der Waals surface area contributed by atoms with E-state index in [1.54, 1.807) is 20.8 Å². The number of aliphatic hydroxyl groups excluding tert-OH is 1. The van der Waals surface area contributed by atoms with Gasteiger partial charge in [0.25, 0.3) is 0 Å². The van der Waals surface area contributed by atoms with E-state index in [-0.39, 0.29) is 11.8 Å². The Bertz CT molecular complexity index is 596. The maximum Gasteiger partial charge on any atom is 0.326 e. The van der Waals surface area contributed by atoms with Gasteiger partial charge in [-0.1, -0.05) is 48.0 Å². The van der Waals surface area contributed by atoms with Crippen molar-refractivity contribution < 1.29 is 29.4 Å². The Morgan fingerprint density at radius 3 is 1.80 bits per heavy atom. The molecule has 0 aromatic carbocycles. The number of carboxylic acid groups (broad SMARTS) is 1. The highest BCUT2D eigenvalue weighted by atomic mass is 16.4. The fraction of sp³-hybridized carbons (Fsp3) is 0.800. The van der Waals surface area contributed by atoms with Gasteiger partial charge in [-0.2, -0.15) is 0 Å². The van der Waals surface area contributed by atoms with Gasteiger partial charge in [0.2, 0.25) is 17.7 Å². The predicted molar refractivity (Wildman–Crippen MR) is 112 cm³/mol. The number of carboxylic acids is 1. The number of aliphatic hydroxyl groups is 1. The molecule has 0 saturated carbocycles. The Labute approximate surface area is 178 Å². The molecule has 7 N–H and O–H groups in total. The number of hydrogen-bond acceptors (Lipinski definition) is 6. The molecule has 0 bridgehead atoms. The minimum Gasteiger partial charge on any atom is -0.480 e. The van der Waals surface area contributed by atoms with Crippen molar-refractivity contribution in [1.29, 1.82) is 0 Å². The third-order valence-electron chi connectivity index (χ3n) is 4.90. The number of amides is 3. The van der Waals surface area contributed by atoms with E-state index in [0.29, 0.717) is 12.8 Å². The van der Waals surface area contributed by atoms with Gasteiger partial charge in [-0.15, -0.1) is 0 Å². The Kier molecular flexibility index (Phi) is 12.2. The molecule has 5 atom stereocenters. The fourth-order valence-corrected chi connectivity index (χ4v) is 2.80. The summed E-state index contributed by atoms with van der Waals surface area (Å²) in [5.41, 5.74) is 5.89. The predicted octanol–water partition coefficient (Wildman–Crippen LogP) is -0.407. The summed E-state index contributed by atoms with van der Waals surface area (Å²) in [6.45, 7) is 10.0. The summed E-state index contributed by atoms with van der Waals surface area (Å²) >= 11 is 0. The van der Waals surface area contributed by atoms with E-state index >= 15 is 0 Å². The van der Waals surface area contributed by atoms with Crippen molar-refractivity contribution >= 4 is 23.7 Å². The smallest absolute Gasteiger partial charge is 0.326 e.